The van der Waals surface area contributed by atoms with Crippen LogP contribution in [0.15, 0.2) is 40.6 Å². The summed E-state index contributed by atoms with van der Waals surface area (Å²) < 4.78 is 0. The van der Waals surface area contributed by atoms with Gasteiger partial charge in [0.15, 0.2) is 0 Å². The van der Waals surface area contributed by atoms with Crippen molar-refractivity contribution < 1.29 is 9.59 Å². The first kappa shape index (κ1) is 15.0. The summed E-state index contributed by atoms with van der Waals surface area (Å²) in [6.07, 6.45) is 2.46. The summed E-state index contributed by atoms with van der Waals surface area (Å²) in [7, 11) is 0. The van der Waals surface area contributed by atoms with Gasteiger partial charge in [0.25, 0.3) is 11.1 Å². The van der Waals surface area contributed by atoms with Gasteiger partial charge in [-0.2, -0.15) is 0 Å². The van der Waals surface area contributed by atoms with Gasteiger partial charge in [0, 0.05) is 17.5 Å². The van der Waals surface area contributed by atoms with E-state index < -0.39 is 0 Å². The first-order valence-electron chi connectivity index (χ1n) is 6.95. The molecule has 0 unspecified atom stereocenters. The van der Waals surface area contributed by atoms with E-state index in [0.717, 1.165) is 28.8 Å². The Bertz CT molecular complexity index is 738. The minimum Gasteiger partial charge on any atom is -0.268 e. The van der Waals surface area contributed by atoms with Crippen molar-refractivity contribution in [3.05, 3.63) is 46.3 Å². The van der Waals surface area contributed by atoms with E-state index in [0.29, 0.717) is 17.1 Å². The summed E-state index contributed by atoms with van der Waals surface area (Å²) in [5, 5.41) is 2.60. The SMILES string of the molecule is CCCN1C(=O)S/C(=C\c2csc(-c3ccccc3)n2)C1=O. The molecule has 1 aromatic heterocycles. The summed E-state index contributed by atoms with van der Waals surface area (Å²) >= 11 is 2.51. The average molecular weight is 330 g/mol. The maximum atomic E-state index is 12.2. The van der Waals surface area contributed by atoms with Crippen LogP contribution in [0, 0.1) is 0 Å². The van der Waals surface area contributed by atoms with Crippen molar-refractivity contribution in [3.8, 4) is 10.6 Å². The summed E-state index contributed by atoms with van der Waals surface area (Å²) in [5.74, 6) is -0.217. The predicted molar refractivity (Wildman–Crippen MR) is 90.5 cm³/mol. The highest BCUT2D eigenvalue weighted by Gasteiger charge is 2.34. The van der Waals surface area contributed by atoms with E-state index >= 15 is 0 Å². The van der Waals surface area contributed by atoms with E-state index in [9.17, 15) is 9.59 Å². The average Bonchev–Trinajstić information content (AvgIpc) is 3.09. The molecule has 2 heterocycles. The van der Waals surface area contributed by atoms with Crippen LogP contribution in [0.3, 0.4) is 0 Å². The molecule has 0 atom stereocenters. The molecule has 3 rings (SSSR count). The van der Waals surface area contributed by atoms with E-state index in [1.807, 2.05) is 42.6 Å². The highest BCUT2D eigenvalue weighted by atomic mass is 32.2. The third-order valence-corrected chi connectivity index (χ3v) is 4.96. The number of thioether (sulfide) groups is 1. The molecule has 1 saturated heterocycles. The van der Waals surface area contributed by atoms with Gasteiger partial charge in [-0.1, -0.05) is 37.3 Å². The molecule has 0 bridgehead atoms. The van der Waals surface area contributed by atoms with Gasteiger partial charge in [-0.15, -0.1) is 11.3 Å². The fourth-order valence-electron chi connectivity index (χ4n) is 2.12. The van der Waals surface area contributed by atoms with Crippen molar-refractivity contribution in [2.45, 2.75) is 13.3 Å². The van der Waals surface area contributed by atoms with Gasteiger partial charge in [0.05, 0.1) is 10.6 Å². The van der Waals surface area contributed by atoms with Gasteiger partial charge in [0.2, 0.25) is 0 Å². The number of amides is 2. The lowest BCUT2D eigenvalue weighted by Gasteiger charge is -2.09. The number of thiazole rings is 1. The second-order valence-corrected chi connectivity index (χ2v) is 6.63. The Balaban J connectivity index is 1.83. The topological polar surface area (TPSA) is 50.3 Å². The lowest BCUT2D eigenvalue weighted by molar-refractivity contribution is -0.122. The quantitative estimate of drug-likeness (QED) is 0.786. The lowest BCUT2D eigenvalue weighted by atomic mass is 10.2. The minimum atomic E-state index is -0.217. The first-order valence-corrected chi connectivity index (χ1v) is 8.65. The number of hydrogen-bond donors (Lipinski definition) is 0. The van der Waals surface area contributed by atoms with Crippen LogP contribution in [0.2, 0.25) is 0 Å². The molecule has 4 nitrogen and oxygen atoms in total. The highest BCUT2D eigenvalue weighted by molar-refractivity contribution is 8.18. The zero-order chi connectivity index (χ0) is 15.5. The van der Waals surface area contributed by atoms with E-state index in [2.05, 4.69) is 4.98 Å². The van der Waals surface area contributed by atoms with Crippen LogP contribution in [-0.4, -0.2) is 27.6 Å². The molecule has 2 aromatic rings. The van der Waals surface area contributed by atoms with Gasteiger partial charge in [-0.05, 0) is 24.3 Å². The maximum absolute atomic E-state index is 12.2. The van der Waals surface area contributed by atoms with E-state index in [4.69, 9.17) is 0 Å². The van der Waals surface area contributed by atoms with Crippen molar-refractivity contribution in [2.75, 3.05) is 6.54 Å². The largest absolute Gasteiger partial charge is 0.293 e. The van der Waals surface area contributed by atoms with Crippen LogP contribution in [0.1, 0.15) is 19.0 Å². The third kappa shape index (κ3) is 2.98. The Morgan fingerprint density at radius 3 is 2.73 bits per heavy atom. The fourth-order valence-corrected chi connectivity index (χ4v) is 3.75. The molecular weight excluding hydrogens is 316 g/mol. The molecule has 6 heteroatoms. The van der Waals surface area contributed by atoms with Crippen LogP contribution < -0.4 is 0 Å². The van der Waals surface area contributed by atoms with E-state index in [-0.39, 0.29) is 11.1 Å². The van der Waals surface area contributed by atoms with Crippen LogP contribution in [0.5, 0.6) is 0 Å². The second-order valence-electron chi connectivity index (χ2n) is 4.78. The van der Waals surface area contributed by atoms with Gasteiger partial charge in [-0.3, -0.25) is 14.5 Å². The van der Waals surface area contributed by atoms with Crippen LogP contribution in [0.4, 0.5) is 4.79 Å². The van der Waals surface area contributed by atoms with Gasteiger partial charge < -0.3 is 0 Å². The Hall–Kier alpha value is -1.92. The van der Waals surface area contributed by atoms with Crippen molar-refractivity contribution >= 4 is 40.3 Å². The molecule has 1 aromatic carbocycles. The zero-order valence-corrected chi connectivity index (χ0v) is 13.6. The zero-order valence-electron chi connectivity index (χ0n) is 12.0. The van der Waals surface area contributed by atoms with E-state index in [1.165, 1.54) is 16.2 Å². The third-order valence-electron chi connectivity index (χ3n) is 3.14. The van der Waals surface area contributed by atoms with Gasteiger partial charge in [-0.25, -0.2) is 4.98 Å². The molecule has 22 heavy (non-hydrogen) atoms. The molecular formula is C16H14N2O2S2. The number of carbonyl (C=O) groups is 2. The number of rotatable bonds is 4. The number of hydrogen-bond acceptors (Lipinski definition) is 5. The molecule has 0 spiro atoms. The molecule has 112 valence electrons. The standard InChI is InChI=1S/C16H14N2O2S2/c1-2-8-18-15(19)13(22-16(18)20)9-12-10-21-14(17-12)11-6-4-3-5-7-11/h3-7,9-10H,2,8H2,1H3/b13-9-. The minimum absolute atomic E-state index is 0.198. The molecule has 1 aliphatic rings. The van der Waals surface area contributed by atoms with Crippen molar-refractivity contribution in [1.82, 2.24) is 9.88 Å². The summed E-state index contributed by atoms with van der Waals surface area (Å²) in [6.45, 7) is 2.41. The second kappa shape index (κ2) is 6.46. The smallest absolute Gasteiger partial charge is 0.268 e. The van der Waals surface area contributed by atoms with Crippen LogP contribution >= 0.6 is 23.1 Å². The van der Waals surface area contributed by atoms with E-state index in [1.54, 1.807) is 6.08 Å². The van der Waals surface area contributed by atoms with Crippen molar-refractivity contribution in [3.63, 3.8) is 0 Å². The first-order chi connectivity index (χ1) is 10.7. The normalized spacial score (nSPS) is 16.8. The van der Waals surface area contributed by atoms with Crippen molar-refractivity contribution in [2.24, 2.45) is 0 Å². The molecule has 1 aliphatic heterocycles. The number of benzene rings is 1. The Kier molecular flexibility index (Phi) is 4.40. The van der Waals surface area contributed by atoms with Gasteiger partial charge in [0.1, 0.15) is 5.01 Å². The Morgan fingerprint density at radius 2 is 2.00 bits per heavy atom. The molecule has 2 amide bonds. The summed E-state index contributed by atoms with van der Waals surface area (Å²) in [5.41, 5.74) is 1.76. The number of aromatic nitrogens is 1. The van der Waals surface area contributed by atoms with Crippen molar-refractivity contribution in [1.29, 1.82) is 0 Å². The lowest BCUT2D eigenvalue weighted by Crippen LogP contribution is -2.28. The molecule has 1 fully saturated rings. The molecule has 0 saturated carbocycles. The Morgan fingerprint density at radius 1 is 1.23 bits per heavy atom. The van der Waals surface area contributed by atoms with Crippen LogP contribution in [-0.2, 0) is 4.79 Å². The van der Waals surface area contributed by atoms with Crippen LogP contribution in [0.25, 0.3) is 16.6 Å². The molecule has 0 aliphatic carbocycles. The molecule has 0 N–H and O–H groups in total. The number of nitrogens with zero attached hydrogens (tertiary/aromatic N) is 2. The number of imide groups is 1. The molecule has 0 radical (unpaired) electrons. The summed E-state index contributed by atoms with van der Waals surface area (Å²) in [4.78, 5) is 30.3. The Labute approximate surface area is 136 Å². The predicted octanol–water partition coefficient (Wildman–Crippen LogP) is 4.26. The maximum Gasteiger partial charge on any atom is 0.293 e. The van der Waals surface area contributed by atoms with Gasteiger partial charge >= 0.3 is 0 Å². The summed E-state index contributed by atoms with van der Waals surface area (Å²) in [6, 6.07) is 9.89. The fraction of sp³-hybridized carbons (Fsp3) is 0.188. The monoisotopic (exact) mass is 330 g/mol. The number of carbonyl (C=O) groups excluding carboxylic acids is 2. The highest BCUT2D eigenvalue weighted by Crippen LogP contribution is 2.33.